The zero-order valence-electron chi connectivity index (χ0n) is 17.1. The molecule has 0 aromatic carbocycles. The van der Waals surface area contributed by atoms with Crippen molar-refractivity contribution in [2.24, 2.45) is 34.0 Å². The van der Waals surface area contributed by atoms with Gasteiger partial charge in [0.05, 0.1) is 30.8 Å². The molecule has 0 aromatic heterocycles. The Morgan fingerprint density at radius 1 is 1.28 bits per heavy atom. The van der Waals surface area contributed by atoms with E-state index in [4.69, 9.17) is 9.47 Å². The first-order valence-electron chi connectivity index (χ1n) is 10.8. The molecule has 162 valence electrons. The number of esters is 1. The predicted molar refractivity (Wildman–Crippen MR) is 101 cm³/mol. The summed E-state index contributed by atoms with van der Waals surface area (Å²) >= 11 is 0. The van der Waals surface area contributed by atoms with Gasteiger partial charge in [0.2, 0.25) is 5.79 Å². The van der Waals surface area contributed by atoms with E-state index in [1.54, 1.807) is 0 Å². The zero-order valence-corrected chi connectivity index (χ0v) is 17.1. The normalized spacial score (nSPS) is 57.9. The Kier molecular flexibility index (Phi) is 4.01. The molecule has 2 heterocycles. The molecule has 6 rings (SSSR count). The Balaban J connectivity index is 1.68. The molecule has 7 nitrogen and oxygen atoms in total. The smallest absolute Gasteiger partial charge is 0.302 e. The van der Waals surface area contributed by atoms with E-state index < -0.39 is 52.2 Å². The van der Waals surface area contributed by atoms with Gasteiger partial charge in [-0.25, -0.2) is 0 Å². The molecule has 2 saturated heterocycles. The molecule has 29 heavy (non-hydrogen) atoms. The summed E-state index contributed by atoms with van der Waals surface area (Å²) in [5, 5.41) is 45.9. The van der Waals surface area contributed by atoms with Crippen molar-refractivity contribution >= 4 is 5.97 Å². The fraction of sp³-hybridized carbons (Fsp3) is 0.864. The monoisotopic (exact) mass is 408 g/mol. The van der Waals surface area contributed by atoms with Crippen LogP contribution < -0.4 is 0 Å². The van der Waals surface area contributed by atoms with E-state index in [9.17, 15) is 25.2 Å². The maximum atomic E-state index is 11.8. The third-order valence-electron chi connectivity index (χ3n) is 9.49. The molecule has 4 bridgehead atoms. The number of carbonyl (C=O) groups is 1. The fourth-order valence-corrected chi connectivity index (χ4v) is 8.33. The molecule has 4 saturated carbocycles. The molecule has 0 amide bonds. The lowest BCUT2D eigenvalue weighted by Gasteiger charge is -2.75. The Morgan fingerprint density at radius 3 is 2.69 bits per heavy atom. The minimum Gasteiger partial charge on any atom is -0.465 e. The SMILES string of the molecule is C=C1[C@H]2CC[C@H]3[C@@]45CO[C@@](O)([C@@H](O)[C@@H]4[C@](C)(COC(C)=O)CC[C@@H]5O)[C@]3(C2)[C@@H]1O. The van der Waals surface area contributed by atoms with Crippen molar-refractivity contribution in [3.63, 3.8) is 0 Å². The number of fused-ring (bicyclic) bond motifs is 2. The Bertz CT molecular complexity index is 768. The van der Waals surface area contributed by atoms with E-state index >= 15 is 0 Å². The lowest BCUT2D eigenvalue weighted by molar-refractivity contribution is -0.467. The second-order valence-corrected chi connectivity index (χ2v) is 10.6. The summed E-state index contributed by atoms with van der Waals surface area (Å²) in [5.41, 5.74) is -1.79. The summed E-state index contributed by atoms with van der Waals surface area (Å²) in [4.78, 5) is 11.5. The molecule has 10 atom stereocenters. The molecule has 4 N–H and O–H groups in total. The van der Waals surface area contributed by atoms with Gasteiger partial charge in [-0.15, -0.1) is 0 Å². The van der Waals surface area contributed by atoms with Crippen LogP contribution in [0.3, 0.4) is 0 Å². The van der Waals surface area contributed by atoms with Gasteiger partial charge in [-0.05, 0) is 49.5 Å². The summed E-state index contributed by atoms with van der Waals surface area (Å²) in [6.45, 7) is 7.64. The highest BCUT2D eigenvalue weighted by molar-refractivity contribution is 5.65. The van der Waals surface area contributed by atoms with Crippen LogP contribution in [0.2, 0.25) is 0 Å². The Hall–Kier alpha value is -0.990. The summed E-state index contributed by atoms with van der Waals surface area (Å²) in [6.07, 6.45) is 0.139. The molecule has 0 aromatic rings. The van der Waals surface area contributed by atoms with Crippen molar-refractivity contribution in [2.45, 2.75) is 70.1 Å². The average molecular weight is 408 g/mol. The molecule has 4 aliphatic carbocycles. The van der Waals surface area contributed by atoms with E-state index in [1.165, 1.54) is 6.92 Å². The Labute approximate surface area is 170 Å². The minimum atomic E-state index is -1.92. The number of rotatable bonds is 2. The first-order valence-corrected chi connectivity index (χ1v) is 10.8. The maximum absolute atomic E-state index is 11.8. The molecule has 6 fully saturated rings. The average Bonchev–Trinajstić information content (AvgIpc) is 2.87. The van der Waals surface area contributed by atoms with Gasteiger partial charge < -0.3 is 29.9 Å². The highest BCUT2D eigenvalue weighted by Crippen LogP contribution is 2.77. The van der Waals surface area contributed by atoms with Crippen LogP contribution in [0.4, 0.5) is 0 Å². The van der Waals surface area contributed by atoms with E-state index in [1.807, 2.05) is 6.92 Å². The van der Waals surface area contributed by atoms with Crippen LogP contribution in [0.15, 0.2) is 12.2 Å². The van der Waals surface area contributed by atoms with Gasteiger partial charge in [0.25, 0.3) is 0 Å². The van der Waals surface area contributed by atoms with Crippen LogP contribution in [0.25, 0.3) is 0 Å². The van der Waals surface area contributed by atoms with Crippen LogP contribution in [-0.2, 0) is 14.3 Å². The molecule has 0 unspecified atom stereocenters. The third kappa shape index (κ3) is 2.04. The fourth-order valence-electron chi connectivity index (χ4n) is 8.33. The van der Waals surface area contributed by atoms with Crippen molar-refractivity contribution in [1.82, 2.24) is 0 Å². The van der Waals surface area contributed by atoms with Crippen molar-refractivity contribution in [3.8, 4) is 0 Å². The second kappa shape index (κ2) is 5.82. The first kappa shape index (κ1) is 19.9. The largest absolute Gasteiger partial charge is 0.465 e. The second-order valence-electron chi connectivity index (χ2n) is 10.6. The number of aliphatic hydroxyl groups excluding tert-OH is 3. The topological polar surface area (TPSA) is 116 Å². The van der Waals surface area contributed by atoms with Gasteiger partial charge in [-0.2, -0.15) is 0 Å². The van der Waals surface area contributed by atoms with Gasteiger partial charge >= 0.3 is 5.97 Å². The minimum absolute atomic E-state index is 0.0865. The van der Waals surface area contributed by atoms with E-state index in [0.717, 1.165) is 12.8 Å². The van der Waals surface area contributed by atoms with Crippen LogP contribution in [0, 0.1) is 34.0 Å². The summed E-state index contributed by atoms with van der Waals surface area (Å²) in [7, 11) is 0. The van der Waals surface area contributed by atoms with Gasteiger partial charge in [-0.3, -0.25) is 4.79 Å². The van der Waals surface area contributed by atoms with Crippen molar-refractivity contribution < 1.29 is 34.7 Å². The van der Waals surface area contributed by atoms with Gasteiger partial charge in [0, 0.05) is 23.7 Å². The number of aliphatic hydroxyl groups is 4. The third-order valence-corrected chi connectivity index (χ3v) is 9.49. The van der Waals surface area contributed by atoms with Crippen LogP contribution in [-0.4, -0.2) is 63.7 Å². The molecule has 2 aliphatic heterocycles. The van der Waals surface area contributed by atoms with Crippen LogP contribution in [0.5, 0.6) is 0 Å². The zero-order chi connectivity index (χ0) is 21.0. The Morgan fingerprint density at radius 2 is 2.00 bits per heavy atom. The van der Waals surface area contributed by atoms with Crippen LogP contribution in [0.1, 0.15) is 46.0 Å². The summed E-state index contributed by atoms with van der Waals surface area (Å²) < 4.78 is 11.3. The van der Waals surface area contributed by atoms with Crippen molar-refractivity contribution in [2.75, 3.05) is 13.2 Å². The van der Waals surface area contributed by atoms with Gasteiger partial charge in [0.1, 0.15) is 6.10 Å². The standard InChI is InChI=1S/C22H32O7/c1-11-13-4-5-14-20-10-29-22(27,21(14,8-13)17(11)25)18(26)16(20)19(3,7-6-15(20)24)9-28-12(2)23/h13-18,24-27H,1,4-10H2,2-3H3/t13-,14-,15-,16+,17+,18-,19-,20+,21-,22-/m0/s1. The summed E-state index contributed by atoms with van der Waals surface area (Å²) in [6, 6.07) is 0. The maximum Gasteiger partial charge on any atom is 0.302 e. The molecule has 0 radical (unpaired) electrons. The summed E-state index contributed by atoms with van der Waals surface area (Å²) in [5.74, 6) is -2.94. The van der Waals surface area contributed by atoms with Gasteiger partial charge in [-0.1, -0.05) is 13.5 Å². The molecule has 6 aliphatic rings. The first-order chi connectivity index (χ1) is 13.5. The van der Waals surface area contributed by atoms with E-state index in [0.29, 0.717) is 24.8 Å². The number of ether oxygens (including phenoxy) is 2. The lowest BCUT2D eigenvalue weighted by Crippen LogP contribution is -2.84. The lowest BCUT2D eigenvalue weighted by atomic mass is 9.36. The van der Waals surface area contributed by atoms with Crippen LogP contribution >= 0.6 is 0 Å². The number of hydrogen-bond donors (Lipinski definition) is 4. The van der Waals surface area contributed by atoms with E-state index in [-0.39, 0.29) is 25.0 Å². The molecule has 2 spiro atoms. The highest BCUT2D eigenvalue weighted by Gasteiger charge is 2.84. The number of carbonyl (C=O) groups excluding carboxylic acids is 1. The van der Waals surface area contributed by atoms with E-state index in [2.05, 4.69) is 6.58 Å². The highest BCUT2D eigenvalue weighted by atomic mass is 16.6. The van der Waals surface area contributed by atoms with Crippen molar-refractivity contribution in [1.29, 1.82) is 0 Å². The van der Waals surface area contributed by atoms with Gasteiger partial charge in [0.15, 0.2) is 0 Å². The number of hydrogen-bond acceptors (Lipinski definition) is 7. The molecular weight excluding hydrogens is 376 g/mol. The molecule has 7 heteroatoms. The molecular formula is C22H32O7. The quantitative estimate of drug-likeness (QED) is 0.393. The predicted octanol–water partition coefficient (Wildman–Crippen LogP) is 0.740. The van der Waals surface area contributed by atoms with Crippen molar-refractivity contribution in [3.05, 3.63) is 12.2 Å².